The zero-order chi connectivity index (χ0) is 16.2. The summed E-state index contributed by atoms with van der Waals surface area (Å²) in [6.07, 6.45) is -1.40. The quantitative estimate of drug-likeness (QED) is 0.819. The summed E-state index contributed by atoms with van der Waals surface area (Å²) in [5, 5.41) is 5.38. The molecule has 0 unspecified atom stereocenters. The number of alkyl halides is 3. The first-order valence-corrected chi connectivity index (χ1v) is 7.61. The predicted octanol–water partition coefficient (Wildman–Crippen LogP) is 4.50. The second-order valence-corrected chi connectivity index (χ2v) is 5.88. The number of piperidine rings is 1. The van der Waals surface area contributed by atoms with Crippen molar-refractivity contribution >= 4 is 35.6 Å². The third-order valence-corrected chi connectivity index (χ3v) is 4.12. The normalized spacial score (nSPS) is 15.8. The summed E-state index contributed by atoms with van der Waals surface area (Å²) in [4.78, 5) is 11.9. The third-order valence-electron chi connectivity index (χ3n) is 3.79. The Morgan fingerprint density at radius 3 is 2.57 bits per heavy atom. The van der Waals surface area contributed by atoms with Crippen molar-refractivity contribution in [2.75, 3.05) is 18.4 Å². The molecule has 23 heavy (non-hydrogen) atoms. The lowest BCUT2D eigenvalue weighted by Crippen LogP contribution is -2.28. The van der Waals surface area contributed by atoms with Crippen LogP contribution in [-0.2, 0) is 11.0 Å². The first-order chi connectivity index (χ1) is 10.4. The summed E-state index contributed by atoms with van der Waals surface area (Å²) >= 11 is 5.54. The van der Waals surface area contributed by atoms with Gasteiger partial charge in [0.25, 0.3) is 0 Å². The van der Waals surface area contributed by atoms with Gasteiger partial charge in [-0.3, -0.25) is 4.79 Å². The van der Waals surface area contributed by atoms with Crippen LogP contribution >= 0.6 is 24.0 Å². The van der Waals surface area contributed by atoms with E-state index in [2.05, 4.69) is 10.6 Å². The highest BCUT2D eigenvalue weighted by atomic mass is 35.5. The fourth-order valence-electron chi connectivity index (χ4n) is 2.55. The summed E-state index contributed by atoms with van der Waals surface area (Å²) in [5.74, 6) is 0.233. The molecule has 3 nitrogen and oxygen atoms in total. The Labute approximate surface area is 144 Å². The van der Waals surface area contributed by atoms with Gasteiger partial charge in [-0.1, -0.05) is 11.6 Å². The zero-order valence-electron chi connectivity index (χ0n) is 12.4. The summed E-state index contributed by atoms with van der Waals surface area (Å²) in [6.45, 7) is 1.91. The summed E-state index contributed by atoms with van der Waals surface area (Å²) in [6, 6.07) is 3.39. The lowest BCUT2D eigenvalue weighted by atomic mass is 9.93. The van der Waals surface area contributed by atoms with Gasteiger partial charge < -0.3 is 10.6 Å². The van der Waals surface area contributed by atoms with Gasteiger partial charge in [0.15, 0.2) is 0 Å². The highest BCUT2D eigenvalue weighted by molar-refractivity contribution is 6.31. The standard InChI is InChI=1S/C15H18ClF3N2O.ClH/c16-13-3-2-11(9-12(13)15(17,18)19)21-14(22)4-1-10-5-7-20-8-6-10;/h2-3,9-10,20H,1,4-8H2,(H,21,22);1H. The van der Waals surface area contributed by atoms with Crippen LogP contribution in [-0.4, -0.2) is 19.0 Å². The van der Waals surface area contributed by atoms with Crippen molar-refractivity contribution in [3.8, 4) is 0 Å². The topological polar surface area (TPSA) is 41.1 Å². The third kappa shape index (κ3) is 6.20. The van der Waals surface area contributed by atoms with Gasteiger partial charge in [-0.25, -0.2) is 0 Å². The molecule has 1 amide bonds. The molecule has 0 atom stereocenters. The van der Waals surface area contributed by atoms with E-state index >= 15 is 0 Å². The molecule has 2 N–H and O–H groups in total. The van der Waals surface area contributed by atoms with Crippen molar-refractivity contribution in [2.24, 2.45) is 5.92 Å². The predicted molar refractivity (Wildman–Crippen MR) is 87.2 cm³/mol. The highest BCUT2D eigenvalue weighted by Crippen LogP contribution is 2.36. The van der Waals surface area contributed by atoms with Crippen LogP contribution < -0.4 is 10.6 Å². The van der Waals surface area contributed by atoms with E-state index < -0.39 is 11.7 Å². The van der Waals surface area contributed by atoms with Crippen molar-refractivity contribution in [1.82, 2.24) is 5.32 Å². The molecule has 1 aliphatic rings. The SMILES string of the molecule is Cl.O=C(CCC1CCNCC1)Nc1ccc(Cl)c(C(F)(F)F)c1. The van der Waals surface area contributed by atoms with Crippen molar-refractivity contribution in [2.45, 2.75) is 31.9 Å². The maximum Gasteiger partial charge on any atom is 0.417 e. The Kier molecular flexibility index (Phi) is 7.64. The number of carbonyl (C=O) groups excluding carboxylic acids is 1. The molecular formula is C15H19Cl2F3N2O. The molecule has 1 aliphatic heterocycles. The molecule has 1 heterocycles. The molecule has 2 rings (SSSR count). The number of hydrogen-bond donors (Lipinski definition) is 2. The number of halogens is 5. The Morgan fingerprint density at radius 2 is 1.96 bits per heavy atom. The number of nitrogens with one attached hydrogen (secondary N) is 2. The van der Waals surface area contributed by atoms with Crippen LogP contribution in [0.4, 0.5) is 18.9 Å². The van der Waals surface area contributed by atoms with E-state index in [-0.39, 0.29) is 29.0 Å². The average Bonchev–Trinajstić information content (AvgIpc) is 2.47. The Balaban J connectivity index is 0.00000264. The van der Waals surface area contributed by atoms with E-state index in [1.54, 1.807) is 0 Å². The molecule has 1 saturated heterocycles. The van der Waals surface area contributed by atoms with Crippen molar-refractivity contribution < 1.29 is 18.0 Å². The van der Waals surface area contributed by atoms with Gasteiger partial charge in [0.1, 0.15) is 0 Å². The van der Waals surface area contributed by atoms with Gasteiger partial charge in [-0.15, -0.1) is 12.4 Å². The first kappa shape index (κ1) is 20.1. The Hall–Kier alpha value is -0.980. The van der Waals surface area contributed by atoms with Crippen molar-refractivity contribution in [1.29, 1.82) is 0 Å². The fourth-order valence-corrected chi connectivity index (χ4v) is 2.77. The first-order valence-electron chi connectivity index (χ1n) is 7.23. The van der Waals surface area contributed by atoms with Gasteiger partial charge in [0, 0.05) is 12.1 Å². The maximum atomic E-state index is 12.8. The number of hydrogen-bond acceptors (Lipinski definition) is 2. The molecule has 1 aromatic rings. The zero-order valence-corrected chi connectivity index (χ0v) is 14.0. The molecule has 130 valence electrons. The lowest BCUT2D eigenvalue weighted by molar-refractivity contribution is -0.137. The van der Waals surface area contributed by atoms with Crippen LogP contribution in [0.2, 0.25) is 5.02 Å². The smallest absolute Gasteiger partial charge is 0.326 e. The minimum absolute atomic E-state index is 0. The van der Waals surface area contributed by atoms with Crippen LogP contribution in [0.3, 0.4) is 0 Å². The molecule has 1 aromatic carbocycles. The molecule has 0 aromatic heterocycles. The van der Waals surface area contributed by atoms with E-state index in [1.165, 1.54) is 6.07 Å². The number of benzene rings is 1. The minimum Gasteiger partial charge on any atom is -0.326 e. The van der Waals surface area contributed by atoms with Crippen molar-refractivity contribution in [3.63, 3.8) is 0 Å². The maximum absolute atomic E-state index is 12.8. The van der Waals surface area contributed by atoms with E-state index in [4.69, 9.17) is 11.6 Å². The largest absolute Gasteiger partial charge is 0.417 e. The molecule has 0 aliphatic carbocycles. The number of rotatable bonds is 4. The van der Waals surface area contributed by atoms with Gasteiger partial charge in [0.2, 0.25) is 5.91 Å². The number of amides is 1. The molecule has 1 fully saturated rings. The summed E-state index contributed by atoms with van der Waals surface area (Å²) in [5.41, 5.74) is -0.822. The second-order valence-electron chi connectivity index (χ2n) is 5.47. The highest BCUT2D eigenvalue weighted by Gasteiger charge is 2.33. The van der Waals surface area contributed by atoms with Crippen LogP contribution in [0, 0.1) is 5.92 Å². The van der Waals surface area contributed by atoms with E-state index in [1.807, 2.05) is 0 Å². The molecule has 8 heteroatoms. The van der Waals surface area contributed by atoms with Crippen LogP contribution in [0.25, 0.3) is 0 Å². The van der Waals surface area contributed by atoms with E-state index in [0.29, 0.717) is 12.3 Å². The minimum atomic E-state index is -4.53. The number of carbonyl (C=O) groups is 1. The van der Waals surface area contributed by atoms with Crippen LogP contribution in [0.5, 0.6) is 0 Å². The molecule has 0 saturated carbocycles. The number of anilines is 1. The molecule has 0 spiro atoms. The Morgan fingerprint density at radius 1 is 1.30 bits per heavy atom. The van der Waals surface area contributed by atoms with E-state index in [0.717, 1.165) is 44.5 Å². The Bertz CT molecular complexity index is 532. The van der Waals surface area contributed by atoms with Gasteiger partial charge in [0.05, 0.1) is 10.6 Å². The van der Waals surface area contributed by atoms with Gasteiger partial charge >= 0.3 is 6.18 Å². The van der Waals surface area contributed by atoms with Crippen LogP contribution in [0.15, 0.2) is 18.2 Å². The van der Waals surface area contributed by atoms with Gasteiger partial charge in [-0.05, 0) is 56.5 Å². The average molecular weight is 371 g/mol. The molecule has 0 radical (unpaired) electrons. The molecule has 0 bridgehead atoms. The monoisotopic (exact) mass is 370 g/mol. The van der Waals surface area contributed by atoms with Crippen LogP contribution in [0.1, 0.15) is 31.2 Å². The summed E-state index contributed by atoms with van der Waals surface area (Å²) in [7, 11) is 0. The fraction of sp³-hybridized carbons (Fsp3) is 0.533. The van der Waals surface area contributed by atoms with Crippen molar-refractivity contribution in [3.05, 3.63) is 28.8 Å². The van der Waals surface area contributed by atoms with E-state index in [9.17, 15) is 18.0 Å². The second kappa shape index (κ2) is 8.76. The van der Waals surface area contributed by atoms with Gasteiger partial charge in [-0.2, -0.15) is 13.2 Å². The molecular weight excluding hydrogens is 352 g/mol. The lowest BCUT2D eigenvalue weighted by Gasteiger charge is -2.22. The summed E-state index contributed by atoms with van der Waals surface area (Å²) < 4.78 is 38.3.